The van der Waals surface area contributed by atoms with Gasteiger partial charge in [-0.2, -0.15) is 5.26 Å². The molecule has 2 atom stereocenters. The van der Waals surface area contributed by atoms with Crippen molar-refractivity contribution >= 4 is 22.2 Å². The molecule has 0 unspecified atom stereocenters. The van der Waals surface area contributed by atoms with E-state index in [0.717, 1.165) is 43.0 Å². The molecule has 1 aromatic rings. The van der Waals surface area contributed by atoms with E-state index in [0.29, 0.717) is 12.2 Å². The second kappa shape index (κ2) is 6.80. The van der Waals surface area contributed by atoms with Crippen LogP contribution < -0.4 is 5.32 Å². The lowest BCUT2D eigenvalue weighted by atomic mass is 9.85. The van der Waals surface area contributed by atoms with Crippen molar-refractivity contribution in [3.8, 4) is 6.07 Å². The smallest absolute Gasteiger partial charge is 0.254 e. The van der Waals surface area contributed by atoms with Crippen molar-refractivity contribution in [3.05, 3.63) is 16.0 Å². The normalized spacial score (nSPS) is 23.8. The number of carbonyl (C=O) groups excluding carboxylic acids is 1. The molecule has 22 heavy (non-hydrogen) atoms. The van der Waals surface area contributed by atoms with Crippen LogP contribution >= 0.6 is 11.3 Å². The molecule has 1 aliphatic carbocycles. The van der Waals surface area contributed by atoms with Crippen LogP contribution in [0.15, 0.2) is 0 Å². The van der Waals surface area contributed by atoms with Crippen LogP contribution in [0.2, 0.25) is 0 Å². The summed E-state index contributed by atoms with van der Waals surface area (Å²) in [5, 5.41) is 13.2. The number of nitrogens with one attached hydrogen (secondary N) is 1. The van der Waals surface area contributed by atoms with Gasteiger partial charge in [-0.1, -0.05) is 19.8 Å². The minimum absolute atomic E-state index is 0.0993. The Morgan fingerprint density at radius 1 is 1.50 bits per heavy atom. The number of anilines is 1. The predicted molar refractivity (Wildman–Crippen MR) is 87.1 cm³/mol. The number of hydrogen-bond donors (Lipinski definition) is 1. The topological polar surface area (TPSA) is 62.1 Å². The Kier molecular flexibility index (Phi) is 4.80. The van der Waals surface area contributed by atoms with Gasteiger partial charge in [0.05, 0.1) is 5.56 Å². The lowest BCUT2D eigenvalue weighted by Gasteiger charge is -2.21. The summed E-state index contributed by atoms with van der Waals surface area (Å²) in [4.78, 5) is 13.5. The van der Waals surface area contributed by atoms with Crippen LogP contribution in [-0.4, -0.2) is 18.6 Å². The molecule has 1 N–H and O–H groups in total. The van der Waals surface area contributed by atoms with Crippen molar-refractivity contribution in [2.45, 2.75) is 58.0 Å². The Bertz CT molecular complexity index is 597. The largest absolute Gasteiger partial charge is 0.368 e. The first-order valence-corrected chi connectivity index (χ1v) is 9.01. The van der Waals surface area contributed by atoms with Crippen molar-refractivity contribution in [3.63, 3.8) is 0 Å². The van der Waals surface area contributed by atoms with Crippen molar-refractivity contribution in [2.24, 2.45) is 5.92 Å². The Balaban J connectivity index is 1.77. The molecule has 3 rings (SSSR count). The molecule has 0 bridgehead atoms. The highest BCUT2D eigenvalue weighted by Crippen LogP contribution is 2.40. The number of fused-ring (bicyclic) bond motifs is 1. The van der Waals surface area contributed by atoms with Crippen LogP contribution in [0.1, 0.15) is 55.0 Å². The summed E-state index contributed by atoms with van der Waals surface area (Å²) in [6.07, 6.45) is 6.99. The van der Waals surface area contributed by atoms with Gasteiger partial charge in [-0.25, -0.2) is 0 Å². The van der Waals surface area contributed by atoms with Crippen molar-refractivity contribution in [1.82, 2.24) is 0 Å². The fourth-order valence-corrected chi connectivity index (χ4v) is 4.81. The van der Waals surface area contributed by atoms with Crippen LogP contribution in [0.4, 0.5) is 5.00 Å². The molecular formula is C17H22N2O2S. The fraction of sp³-hybridized carbons (Fsp3) is 0.647. The third kappa shape index (κ3) is 3.04. The zero-order valence-electron chi connectivity index (χ0n) is 13.0. The molecule has 4 nitrogen and oxygen atoms in total. The van der Waals surface area contributed by atoms with Gasteiger partial charge in [0, 0.05) is 11.5 Å². The van der Waals surface area contributed by atoms with Crippen LogP contribution in [0.5, 0.6) is 0 Å². The van der Waals surface area contributed by atoms with Crippen LogP contribution in [0, 0.1) is 17.2 Å². The first kappa shape index (κ1) is 15.5. The zero-order chi connectivity index (χ0) is 15.5. The lowest BCUT2D eigenvalue weighted by Crippen LogP contribution is -2.26. The van der Waals surface area contributed by atoms with E-state index in [4.69, 9.17) is 4.74 Å². The third-order valence-electron chi connectivity index (χ3n) is 4.63. The van der Waals surface area contributed by atoms with Crippen molar-refractivity contribution < 1.29 is 9.53 Å². The molecule has 2 aliphatic rings. The van der Waals surface area contributed by atoms with Crippen LogP contribution in [0.3, 0.4) is 0 Å². The number of amides is 1. The van der Waals surface area contributed by atoms with E-state index in [1.165, 1.54) is 23.3 Å². The van der Waals surface area contributed by atoms with Crippen LogP contribution in [-0.2, 0) is 22.4 Å². The van der Waals surface area contributed by atoms with E-state index in [-0.39, 0.29) is 12.0 Å². The third-order valence-corrected chi connectivity index (χ3v) is 5.80. The molecule has 2 heterocycles. The van der Waals surface area contributed by atoms with E-state index < -0.39 is 0 Å². The summed E-state index contributed by atoms with van der Waals surface area (Å²) in [6.45, 7) is 2.88. The molecule has 0 saturated carbocycles. The minimum atomic E-state index is -0.349. The summed E-state index contributed by atoms with van der Waals surface area (Å²) in [7, 11) is 0. The van der Waals surface area contributed by atoms with Gasteiger partial charge < -0.3 is 10.1 Å². The number of ether oxygens (including phenoxy) is 1. The van der Waals surface area contributed by atoms with Gasteiger partial charge in [-0.05, 0) is 43.6 Å². The molecule has 0 radical (unpaired) electrons. The van der Waals surface area contributed by atoms with Crippen molar-refractivity contribution in [1.29, 1.82) is 5.26 Å². The van der Waals surface area contributed by atoms with Gasteiger partial charge in [0.15, 0.2) is 0 Å². The first-order chi connectivity index (χ1) is 10.7. The number of thiophene rings is 1. The zero-order valence-corrected chi connectivity index (χ0v) is 13.8. The first-order valence-electron chi connectivity index (χ1n) is 8.20. The summed E-state index contributed by atoms with van der Waals surface area (Å²) < 4.78 is 5.42. The highest BCUT2D eigenvalue weighted by Gasteiger charge is 2.28. The maximum absolute atomic E-state index is 12.2. The molecule has 1 saturated heterocycles. The predicted octanol–water partition coefficient (Wildman–Crippen LogP) is 3.64. The Labute approximate surface area is 135 Å². The van der Waals surface area contributed by atoms with E-state index in [1.807, 2.05) is 0 Å². The van der Waals surface area contributed by atoms with E-state index in [1.54, 1.807) is 11.3 Å². The molecule has 1 aliphatic heterocycles. The van der Waals surface area contributed by atoms with Crippen LogP contribution in [0.25, 0.3) is 0 Å². The second-order valence-corrected chi connectivity index (χ2v) is 7.31. The molecule has 0 aromatic carbocycles. The quantitative estimate of drug-likeness (QED) is 0.922. The van der Waals surface area contributed by atoms with E-state index in [9.17, 15) is 10.1 Å². The maximum Gasteiger partial charge on any atom is 0.254 e. The maximum atomic E-state index is 12.2. The Morgan fingerprint density at radius 2 is 2.36 bits per heavy atom. The van der Waals surface area contributed by atoms with E-state index in [2.05, 4.69) is 18.3 Å². The van der Waals surface area contributed by atoms with Gasteiger partial charge in [-0.15, -0.1) is 11.3 Å². The molecule has 118 valence electrons. The Hall–Kier alpha value is -1.38. The number of rotatable bonds is 4. The Morgan fingerprint density at radius 3 is 3.05 bits per heavy atom. The number of carbonyl (C=O) groups is 1. The molecule has 1 fully saturated rings. The average molecular weight is 318 g/mol. The van der Waals surface area contributed by atoms with Gasteiger partial charge in [-0.3, -0.25) is 4.79 Å². The second-order valence-electron chi connectivity index (χ2n) is 6.21. The average Bonchev–Trinajstić information content (AvgIpc) is 3.14. The number of hydrogen-bond acceptors (Lipinski definition) is 4. The summed E-state index contributed by atoms with van der Waals surface area (Å²) in [5.74, 6) is 0.627. The molecule has 1 aromatic heterocycles. The van der Waals surface area contributed by atoms with Gasteiger partial charge >= 0.3 is 0 Å². The highest BCUT2D eigenvalue weighted by atomic mass is 32.1. The van der Waals surface area contributed by atoms with Gasteiger partial charge in [0.2, 0.25) is 0 Å². The molecule has 5 heteroatoms. The number of nitrogens with zero attached hydrogens (tertiary/aromatic N) is 1. The molecular weight excluding hydrogens is 296 g/mol. The summed E-state index contributed by atoms with van der Waals surface area (Å²) in [5.41, 5.74) is 1.85. The SMILES string of the molecule is CCC[C@@H]1CCc2c(sc(NC(=O)[C@@H]3CCCO3)c2C#N)C1. The van der Waals surface area contributed by atoms with Gasteiger partial charge in [0.25, 0.3) is 5.91 Å². The van der Waals surface area contributed by atoms with E-state index >= 15 is 0 Å². The summed E-state index contributed by atoms with van der Waals surface area (Å²) >= 11 is 1.59. The lowest BCUT2D eigenvalue weighted by molar-refractivity contribution is -0.124. The standard InChI is InChI=1S/C17H22N2O2S/c1-2-4-11-6-7-12-13(10-18)17(22-15(12)9-11)19-16(20)14-5-3-8-21-14/h11,14H,2-9H2,1H3,(H,19,20)/t11-,14+/m1/s1. The summed E-state index contributed by atoms with van der Waals surface area (Å²) in [6, 6.07) is 2.30. The monoisotopic (exact) mass is 318 g/mol. The molecule has 0 spiro atoms. The van der Waals surface area contributed by atoms with Gasteiger partial charge in [0.1, 0.15) is 17.2 Å². The fourth-order valence-electron chi connectivity index (χ4n) is 3.49. The highest BCUT2D eigenvalue weighted by molar-refractivity contribution is 7.16. The minimum Gasteiger partial charge on any atom is -0.368 e. The number of nitriles is 1. The van der Waals surface area contributed by atoms with Crippen molar-refractivity contribution in [2.75, 3.05) is 11.9 Å². The molecule has 1 amide bonds.